The van der Waals surface area contributed by atoms with Crippen LogP contribution in [0.4, 0.5) is 4.39 Å². The maximum Gasteiger partial charge on any atom is 0.275 e. The fourth-order valence-electron chi connectivity index (χ4n) is 4.72. The van der Waals surface area contributed by atoms with Gasteiger partial charge in [-0.3, -0.25) is 24.3 Å². The maximum absolute atomic E-state index is 14.2. The van der Waals surface area contributed by atoms with E-state index in [0.29, 0.717) is 13.1 Å². The molecule has 2 aromatic heterocycles. The number of hydrogen-bond acceptors (Lipinski definition) is 6. The van der Waals surface area contributed by atoms with Gasteiger partial charge in [-0.1, -0.05) is 29.8 Å². The first-order valence-electron chi connectivity index (χ1n) is 11.5. The number of pyridine rings is 2. The normalized spacial score (nSPS) is 17.4. The van der Waals surface area contributed by atoms with Crippen molar-refractivity contribution in [3.05, 3.63) is 92.4 Å². The van der Waals surface area contributed by atoms with Gasteiger partial charge in [-0.15, -0.1) is 0 Å². The van der Waals surface area contributed by atoms with Crippen molar-refractivity contribution in [2.24, 2.45) is 0 Å². The molecule has 0 radical (unpaired) electrons. The SMILES string of the molecule is O=C(NCc1cccc(Cl)c1F)c1cn2c(c(O)c1=O)C(=O)N1CCCN(Cc3ccccn3)C1C2. The van der Waals surface area contributed by atoms with Crippen molar-refractivity contribution < 1.29 is 19.1 Å². The summed E-state index contributed by atoms with van der Waals surface area (Å²) in [5.74, 6) is -2.71. The van der Waals surface area contributed by atoms with E-state index < -0.39 is 28.8 Å². The van der Waals surface area contributed by atoms with Gasteiger partial charge in [0.05, 0.1) is 17.3 Å². The van der Waals surface area contributed by atoms with Crippen LogP contribution in [-0.4, -0.2) is 55.5 Å². The van der Waals surface area contributed by atoms with Gasteiger partial charge in [0.15, 0.2) is 11.4 Å². The number of amides is 2. The maximum atomic E-state index is 14.2. The summed E-state index contributed by atoms with van der Waals surface area (Å²) in [5.41, 5.74) is -0.440. The summed E-state index contributed by atoms with van der Waals surface area (Å²) in [6.45, 7) is 1.80. The summed E-state index contributed by atoms with van der Waals surface area (Å²) in [7, 11) is 0. The van der Waals surface area contributed by atoms with Gasteiger partial charge in [0.2, 0.25) is 5.43 Å². The van der Waals surface area contributed by atoms with E-state index in [1.807, 2.05) is 18.2 Å². The van der Waals surface area contributed by atoms with Crippen molar-refractivity contribution in [3.8, 4) is 5.75 Å². The van der Waals surface area contributed by atoms with Crippen LogP contribution in [0.15, 0.2) is 53.6 Å². The van der Waals surface area contributed by atoms with Crippen LogP contribution in [0, 0.1) is 5.82 Å². The van der Waals surface area contributed by atoms with Crippen LogP contribution in [-0.2, 0) is 19.6 Å². The fourth-order valence-corrected chi connectivity index (χ4v) is 4.92. The minimum atomic E-state index is -0.959. The van der Waals surface area contributed by atoms with E-state index in [9.17, 15) is 23.9 Å². The largest absolute Gasteiger partial charge is 0.503 e. The lowest BCUT2D eigenvalue weighted by Gasteiger charge is -2.47. The Balaban J connectivity index is 1.42. The Kier molecular flexibility index (Phi) is 6.46. The molecule has 0 bridgehead atoms. The van der Waals surface area contributed by atoms with Crippen molar-refractivity contribution in [2.75, 3.05) is 13.1 Å². The fraction of sp³-hybridized carbons (Fsp3) is 0.280. The average Bonchev–Trinajstić information content (AvgIpc) is 2.88. The predicted octanol–water partition coefficient (Wildman–Crippen LogP) is 2.36. The summed E-state index contributed by atoms with van der Waals surface area (Å²) in [5, 5.41) is 13.0. The lowest BCUT2D eigenvalue weighted by molar-refractivity contribution is -0.0145. The number of benzene rings is 1. The van der Waals surface area contributed by atoms with Gasteiger partial charge in [-0.2, -0.15) is 0 Å². The van der Waals surface area contributed by atoms with E-state index >= 15 is 0 Å². The van der Waals surface area contributed by atoms with E-state index in [2.05, 4.69) is 15.2 Å². The molecule has 2 aliphatic heterocycles. The number of aromatic hydroxyl groups is 1. The number of rotatable bonds is 5. The van der Waals surface area contributed by atoms with Crippen molar-refractivity contribution in [1.82, 2.24) is 24.7 Å². The van der Waals surface area contributed by atoms with Gasteiger partial charge in [0.1, 0.15) is 17.5 Å². The van der Waals surface area contributed by atoms with E-state index in [-0.39, 0.29) is 41.1 Å². The van der Waals surface area contributed by atoms with Crippen molar-refractivity contribution in [3.63, 3.8) is 0 Å². The quantitative estimate of drug-likeness (QED) is 0.544. The summed E-state index contributed by atoms with van der Waals surface area (Å²) in [6.07, 6.45) is 3.39. The number of aromatic nitrogens is 2. The Morgan fingerprint density at radius 1 is 1.19 bits per heavy atom. The molecule has 1 unspecified atom stereocenters. The van der Waals surface area contributed by atoms with E-state index in [1.165, 1.54) is 22.9 Å². The molecule has 2 N–H and O–H groups in total. The second kappa shape index (κ2) is 9.71. The highest BCUT2D eigenvalue weighted by Gasteiger charge is 2.40. The van der Waals surface area contributed by atoms with E-state index in [1.54, 1.807) is 17.2 Å². The third-order valence-electron chi connectivity index (χ3n) is 6.51. The van der Waals surface area contributed by atoms with E-state index in [0.717, 1.165) is 18.7 Å². The number of nitrogens with zero attached hydrogens (tertiary/aromatic N) is 4. The number of carbonyl (C=O) groups is 2. The van der Waals surface area contributed by atoms with Gasteiger partial charge >= 0.3 is 0 Å². The van der Waals surface area contributed by atoms with Crippen molar-refractivity contribution in [2.45, 2.75) is 32.2 Å². The van der Waals surface area contributed by atoms with Gasteiger partial charge in [0.25, 0.3) is 11.8 Å². The molecule has 1 saturated heterocycles. The molecule has 4 heterocycles. The summed E-state index contributed by atoms with van der Waals surface area (Å²) in [6, 6.07) is 10.0. The molecule has 0 spiro atoms. The molecule has 2 aliphatic rings. The number of halogens is 2. The molecule has 2 amide bonds. The molecular formula is C25H23ClFN5O4. The summed E-state index contributed by atoms with van der Waals surface area (Å²) >= 11 is 5.79. The van der Waals surface area contributed by atoms with Gasteiger partial charge in [0, 0.05) is 44.1 Å². The molecule has 0 aliphatic carbocycles. The highest BCUT2D eigenvalue weighted by molar-refractivity contribution is 6.30. The molecule has 3 aromatic rings. The average molecular weight is 512 g/mol. The smallest absolute Gasteiger partial charge is 0.275 e. The van der Waals surface area contributed by atoms with Crippen molar-refractivity contribution >= 4 is 23.4 Å². The van der Waals surface area contributed by atoms with Gasteiger partial charge < -0.3 is 19.9 Å². The van der Waals surface area contributed by atoms with Crippen LogP contribution in [0.25, 0.3) is 0 Å². The first-order chi connectivity index (χ1) is 17.3. The third-order valence-corrected chi connectivity index (χ3v) is 6.80. The molecule has 11 heteroatoms. The van der Waals surface area contributed by atoms with Crippen LogP contribution >= 0.6 is 11.6 Å². The molecule has 186 valence electrons. The minimum absolute atomic E-state index is 0.0842. The van der Waals surface area contributed by atoms with Crippen molar-refractivity contribution in [1.29, 1.82) is 0 Å². The van der Waals surface area contributed by atoms with Crippen LogP contribution in [0.2, 0.25) is 5.02 Å². The Bertz CT molecular complexity index is 1400. The second-order valence-electron chi connectivity index (χ2n) is 8.74. The van der Waals surface area contributed by atoms with Gasteiger partial charge in [-0.05, 0) is 24.6 Å². The second-order valence-corrected chi connectivity index (χ2v) is 9.15. The zero-order chi connectivity index (χ0) is 25.4. The standard InChI is InChI=1S/C25H23ClFN5O4/c26-18-7-3-5-15(20(18)27)11-29-24(35)17-13-31-14-19-30(12-16-6-1-2-8-28-16)9-4-10-32(19)25(36)21(31)23(34)22(17)33/h1-3,5-8,13,19,34H,4,9-12,14H2,(H,29,35). The van der Waals surface area contributed by atoms with Crippen LogP contribution in [0.3, 0.4) is 0 Å². The summed E-state index contributed by atoms with van der Waals surface area (Å²) in [4.78, 5) is 47.1. The highest BCUT2D eigenvalue weighted by atomic mass is 35.5. The number of carbonyl (C=O) groups excluding carboxylic acids is 2. The zero-order valence-corrected chi connectivity index (χ0v) is 19.9. The topological polar surface area (TPSA) is 108 Å². The molecule has 36 heavy (non-hydrogen) atoms. The lowest BCUT2D eigenvalue weighted by Crippen LogP contribution is -2.60. The van der Waals surface area contributed by atoms with Crippen LogP contribution in [0.5, 0.6) is 5.75 Å². The highest BCUT2D eigenvalue weighted by Crippen LogP contribution is 2.28. The van der Waals surface area contributed by atoms with Gasteiger partial charge in [-0.25, -0.2) is 4.39 Å². The Morgan fingerprint density at radius 2 is 2.03 bits per heavy atom. The number of fused-ring (bicyclic) bond motifs is 2. The Morgan fingerprint density at radius 3 is 2.81 bits per heavy atom. The molecular weight excluding hydrogens is 489 g/mol. The predicted molar refractivity (Wildman–Crippen MR) is 129 cm³/mol. The van der Waals surface area contributed by atoms with E-state index in [4.69, 9.17) is 11.6 Å². The first kappa shape index (κ1) is 24.0. The molecule has 1 atom stereocenters. The Labute approximate surface area is 210 Å². The zero-order valence-electron chi connectivity index (χ0n) is 19.2. The minimum Gasteiger partial charge on any atom is -0.503 e. The molecule has 5 rings (SSSR count). The molecule has 9 nitrogen and oxygen atoms in total. The van der Waals surface area contributed by atoms with Crippen LogP contribution in [0.1, 0.15) is 38.5 Å². The molecule has 1 fully saturated rings. The monoisotopic (exact) mass is 511 g/mol. The summed E-state index contributed by atoms with van der Waals surface area (Å²) < 4.78 is 15.6. The Hall–Kier alpha value is -3.76. The van der Waals surface area contributed by atoms with Crippen LogP contribution < -0.4 is 10.7 Å². The third kappa shape index (κ3) is 4.33. The number of nitrogens with one attached hydrogen (secondary N) is 1. The lowest BCUT2D eigenvalue weighted by atomic mass is 10.1. The first-order valence-corrected chi connectivity index (χ1v) is 11.9. The molecule has 1 aromatic carbocycles. The number of hydrogen-bond donors (Lipinski definition) is 2. The molecule has 0 saturated carbocycles.